The number of hydrogen-bond acceptors (Lipinski definition) is 4. The van der Waals surface area contributed by atoms with Gasteiger partial charge >= 0.3 is 6.18 Å². The number of alkyl halides is 3. The first kappa shape index (κ1) is 19.4. The second kappa shape index (κ2) is 8.12. The fourth-order valence-corrected chi connectivity index (χ4v) is 2.48. The van der Waals surface area contributed by atoms with Crippen LogP contribution in [-0.4, -0.2) is 45.4 Å². The van der Waals surface area contributed by atoms with Gasteiger partial charge in [-0.2, -0.15) is 18.3 Å². The van der Waals surface area contributed by atoms with Crippen LogP contribution in [-0.2, 0) is 6.54 Å². The average molecular weight is 390 g/mol. The van der Waals surface area contributed by atoms with E-state index in [4.69, 9.17) is 0 Å². The fourth-order valence-electron chi connectivity index (χ4n) is 2.48. The van der Waals surface area contributed by atoms with Crippen LogP contribution >= 0.6 is 0 Å². The summed E-state index contributed by atoms with van der Waals surface area (Å²) < 4.78 is 42.7. The Labute approximate surface area is 159 Å². The highest BCUT2D eigenvalue weighted by Crippen LogP contribution is 2.17. The van der Waals surface area contributed by atoms with Crippen molar-refractivity contribution in [3.8, 4) is 11.6 Å². The first-order valence-electron chi connectivity index (χ1n) is 8.32. The molecule has 2 aromatic heterocycles. The van der Waals surface area contributed by atoms with E-state index in [0.717, 1.165) is 11.3 Å². The first-order valence-corrected chi connectivity index (χ1v) is 8.32. The zero-order chi connectivity index (χ0) is 20.1. The second-order valence-electron chi connectivity index (χ2n) is 6.08. The minimum absolute atomic E-state index is 0.194. The number of rotatable bonds is 6. The molecule has 3 rings (SSSR count). The largest absolute Gasteiger partial charge is 0.468 e. The van der Waals surface area contributed by atoms with E-state index in [1.165, 1.54) is 23.2 Å². The van der Waals surface area contributed by atoms with Crippen LogP contribution in [0.4, 0.5) is 13.2 Å². The maximum absolute atomic E-state index is 12.5. The van der Waals surface area contributed by atoms with E-state index in [9.17, 15) is 18.0 Å². The smallest absolute Gasteiger partial charge is 0.422 e. The lowest BCUT2D eigenvalue weighted by Gasteiger charge is -2.16. The summed E-state index contributed by atoms with van der Waals surface area (Å²) in [5, 5.41) is 4.28. The Kier molecular flexibility index (Phi) is 5.62. The van der Waals surface area contributed by atoms with Gasteiger partial charge in [0.15, 0.2) is 6.61 Å². The normalized spacial score (nSPS) is 11.3. The summed E-state index contributed by atoms with van der Waals surface area (Å²) in [6, 6.07) is 12.2. The Bertz CT molecular complexity index is 924. The number of amides is 1. The van der Waals surface area contributed by atoms with Crippen molar-refractivity contribution in [1.29, 1.82) is 0 Å². The molecule has 0 fully saturated rings. The van der Waals surface area contributed by atoms with Gasteiger partial charge in [-0.25, -0.2) is 9.67 Å². The van der Waals surface area contributed by atoms with Crippen molar-refractivity contribution in [2.75, 3.05) is 13.7 Å². The highest BCUT2D eigenvalue weighted by molar-refractivity contribution is 5.93. The second-order valence-corrected chi connectivity index (χ2v) is 6.08. The molecule has 28 heavy (non-hydrogen) atoms. The minimum atomic E-state index is -4.44. The summed E-state index contributed by atoms with van der Waals surface area (Å²) in [5.74, 6) is -0.511. The number of carbonyl (C=O) groups is 1. The molecule has 0 atom stereocenters. The van der Waals surface area contributed by atoms with Crippen molar-refractivity contribution in [2.24, 2.45) is 0 Å². The molecule has 9 heteroatoms. The maximum Gasteiger partial charge on any atom is 0.422 e. The number of para-hydroxylation sites is 1. The van der Waals surface area contributed by atoms with Crippen LogP contribution in [0.3, 0.4) is 0 Å². The molecular weight excluding hydrogens is 373 g/mol. The quantitative estimate of drug-likeness (QED) is 0.647. The van der Waals surface area contributed by atoms with Gasteiger partial charge in [0.05, 0.1) is 17.4 Å². The molecule has 146 valence electrons. The number of ether oxygens (including phenoxy) is 1. The molecule has 0 bridgehead atoms. The molecule has 6 nitrogen and oxygen atoms in total. The van der Waals surface area contributed by atoms with Gasteiger partial charge < -0.3 is 9.64 Å². The molecule has 0 radical (unpaired) electrons. The van der Waals surface area contributed by atoms with E-state index in [2.05, 4.69) is 14.8 Å². The topological polar surface area (TPSA) is 60.2 Å². The number of nitrogens with zero attached hydrogens (tertiary/aromatic N) is 4. The third-order valence-electron chi connectivity index (χ3n) is 3.79. The lowest BCUT2D eigenvalue weighted by Crippen LogP contribution is -2.26. The van der Waals surface area contributed by atoms with Gasteiger partial charge in [0.2, 0.25) is 5.88 Å². The summed E-state index contributed by atoms with van der Waals surface area (Å²) in [6.45, 7) is -1.11. The number of benzene rings is 1. The van der Waals surface area contributed by atoms with Crippen molar-refractivity contribution < 1.29 is 22.7 Å². The monoisotopic (exact) mass is 390 g/mol. The van der Waals surface area contributed by atoms with E-state index in [-0.39, 0.29) is 17.4 Å². The highest BCUT2D eigenvalue weighted by Gasteiger charge is 2.28. The molecule has 1 aromatic carbocycles. The van der Waals surface area contributed by atoms with Gasteiger partial charge in [0.25, 0.3) is 5.91 Å². The van der Waals surface area contributed by atoms with Gasteiger partial charge in [0.1, 0.15) is 0 Å². The summed E-state index contributed by atoms with van der Waals surface area (Å²) in [4.78, 5) is 17.7. The summed E-state index contributed by atoms with van der Waals surface area (Å²) in [7, 11) is 1.62. The van der Waals surface area contributed by atoms with Gasteiger partial charge in [-0.1, -0.05) is 18.2 Å². The van der Waals surface area contributed by atoms with E-state index in [1.807, 2.05) is 36.5 Å². The van der Waals surface area contributed by atoms with Gasteiger partial charge in [-0.15, -0.1) is 0 Å². The Morgan fingerprint density at radius 2 is 1.89 bits per heavy atom. The molecular formula is C19H17F3N4O2. The van der Waals surface area contributed by atoms with Crippen molar-refractivity contribution in [1.82, 2.24) is 19.7 Å². The van der Waals surface area contributed by atoms with Crippen LogP contribution in [0.5, 0.6) is 5.88 Å². The predicted molar refractivity (Wildman–Crippen MR) is 95.1 cm³/mol. The van der Waals surface area contributed by atoms with Crippen LogP contribution in [0.25, 0.3) is 5.69 Å². The van der Waals surface area contributed by atoms with Crippen molar-refractivity contribution in [2.45, 2.75) is 12.7 Å². The number of halogens is 3. The molecule has 0 unspecified atom stereocenters. The predicted octanol–water partition coefficient (Wildman–Crippen LogP) is 3.48. The molecule has 2 heterocycles. The molecule has 3 aromatic rings. The van der Waals surface area contributed by atoms with E-state index in [1.54, 1.807) is 17.9 Å². The molecule has 0 aliphatic carbocycles. The maximum atomic E-state index is 12.5. The molecule has 0 saturated carbocycles. The zero-order valence-corrected chi connectivity index (χ0v) is 14.9. The zero-order valence-electron chi connectivity index (χ0n) is 14.9. The van der Waals surface area contributed by atoms with Crippen molar-refractivity contribution >= 4 is 5.91 Å². The van der Waals surface area contributed by atoms with Crippen LogP contribution in [0.2, 0.25) is 0 Å². The Balaban J connectivity index is 1.61. The van der Waals surface area contributed by atoms with Gasteiger partial charge in [-0.3, -0.25) is 4.79 Å². The number of hydrogen-bond donors (Lipinski definition) is 0. The summed E-state index contributed by atoms with van der Waals surface area (Å²) in [6.07, 6.45) is 0.243. The molecule has 1 amide bonds. The molecule has 0 N–H and O–H groups in total. The van der Waals surface area contributed by atoms with Crippen LogP contribution in [0.15, 0.2) is 61.1 Å². The van der Waals surface area contributed by atoms with Gasteiger partial charge in [-0.05, 0) is 18.2 Å². The molecule has 0 saturated heterocycles. The first-order chi connectivity index (χ1) is 13.3. The summed E-state index contributed by atoms with van der Waals surface area (Å²) >= 11 is 0. The number of pyridine rings is 1. The van der Waals surface area contributed by atoms with E-state index >= 15 is 0 Å². The Morgan fingerprint density at radius 3 is 2.54 bits per heavy atom. The molecule has 0 spiro atoms. The third kappa shape index (κ3) is 5.09. The SMILES string of the molecule is CN(Cc1cnn(-c2ccccc2)c1)C(=O)c1ccc(OCC(F)(F)F)nc1. The highest BCUT2D eigenvalue weighted by atomic mass is 19.4. The standard InChI is InChI=1S/C19H17F3N4O2/c1-25(11-14-9-24-26(12-14)16-5-3-2-4-6-16)18(27)15-7-8-17(23-10-15)28-13-19(20,21)22/h2-10,12H,11,13H2,1H3. The van der Waals surface area contributed by atoms with Crippen molar-refractivity contribution in [3.05, 3.63) is 72.2 Å². The van der Waals surface area contributed by atoms with Crippen LogP contribution < -0.4 is 4.74 Å². The minimum Gasteiger partial charge on any atom is -0.468 e. The van der Waals surface area contributed by atoms with Gasteiger partial charge in [0, 0.05) is 37.6 Å². The van der Waals surface area contributed by atoms with E-state index < -0.39 is 12.8 Å². The number of carbonyl (C=O) groups excluding carboxylic acids is 1. The number of aromatic nitrogens is 3. The lowest BCUT2D eigenvalue weighted by molar-refractivity contribution is -0.154. The fraction of sp³-hybridized carbons (Fsp3) is 0.211. The van der Waals surface area contributed by atoms with Crippen LogP contribution in [0.1, 0.15) is 15.9 Å². The Hall–Kier alpha value is -3.36. The Morgan fingerprint density at radius 1 is 1.14 bits per heavy atom. The van der Waals surface area contributed by atoms with Crippen molar-refractivity contribution in [3.63, 3.8) is 0 Å². The third-order valence-corrected chi connectivity index (χ3v) is 3.79. The van der Waals surface area contributed by atoms with Crippen LogP contribution in [0, 0.1) is 0 Å². The average Bonchev–Trinajstić information content (AvgIpc) is 3.15. The lowest BCUT2D eigenvalue weighted by atomic mass is 10.2. The molecule has 0 aliphatic heterocycles. The molecule has 0 aliphatic rings. The van der Waals surface area contributed by atoms with E-state index in [0.29, 0.717) is 6.54 Å². The summed E-state index contributed by atoms with van der Waals surface area (Å²) in [5.41, 5.74) is 1.98.